The van der Waals surface area contributed by atoms with E-state index >= 15 is 0 Å². The maximum Gasteiger partial charge on any atom is 0.270 e. The second-order valence-corrected chi connectivity index (χ2v) is 7.66. The number of hydrogen-bond acceptors (Lipinski definition) is 5. The molecule has 9 heteroatoms. The molecule has 5 nitrogen and oxygen atoms in total. The molecule has 0 aliphatic rings. The molecule has 1 N–H and O–H groups in total. The number of thioether (sulfide) groups is 1. The van der Waals surface area contributed by atoms with Crippen molar-refractivity contribution in [3.63, 3.8) is 0 Å². The molecular weight excluding hydrogens is 469 g/mol. The summed E-state index contributed by atoms with van der Waals surface area (Å²) in [7, 11) is 0. The predicted molar refractivity (Wildman–Crippen MR) is 110 cm³/mol. The van der Waals surface area contributed by atoms with Crippen LogP contribution in [0.4, 0.5) is 4.39 Å². The Bertz CT molecular complexity index is 1130. The molecule has 0 fully saturated rings. The van der Waals surface area contributed by atoms with Gasteiger partial charge in [0.25, 0.3) is 5.56 Å². The van der Waals surface area contributed by atoms with Crippen LogP contribution in [0.25, 0.3) is 11.3 Å². The van der Waals surface area contributed by atoms with Gasteiger partial charge in [0.2, 0.25) is 0 Å². The maximum absolute atomic E-state index is 14.0. The first kappa shape index (κ1) is 20.4. The Morgan fingerprint density at radius 2 is 2.18 bits per heavy atom. The van der Waals surface area contributed by atoms with E-state index in [-0.39, 0.29) is 28.5 Å². The smallest absolute Gasteiger partial charge is 0.270 e. The van der Waals surface area contributed by atoms with Crippen LogP contribution in [-0.4, -0.2) is 16.2 Å². The maximum atomic E-state index is 14.0. The van der Waals surface area contributed by atoms with Crippen LogP contribution < -0.4 is 10.3 Å². The number of nitrogens with zero attached hydrogens (tertiary/aromatic N) is 2. The van der Waals surface area contributed by atoms with E-state index in [0.717, 1.165) is 0 Å². The molecule has 0 aliphatic carbocycles. The average Bonchev–Trinajstić information content (AvgIpc) is 2.67. The molecule has 28 heavy (non-hydrogen) atoms. The highest BCUT2D eigenvalue weighted by molar-refractivity contribution is 9.10. The van der Waals surface area contributed by atoms with E-state index in [0.29, 0.717) is 20.9 Å². The van der Waals surface area contributed by atoms with Gasteiger partial charge in [-0.2, -0.15) is 5.26 Å². The van der Waals surface area contributed by atoms with Crippen LogP contribution in [0, 0.1) is 17.1 Å². The Hall–Kier alpha value is -2.34. The molecule has 0 unspecified atom stereocenters. The first-order chi connectivity index (χ1) is 13.4. The van der Waals surface area contributed by atoms with Gasteiger partial charge in [-0.3, -0.25) is 4.79 Å². The molecule has 0 radical (unpaired) electrons. The number of aromatic nitrogens is 2. The minimum Gasteiger partial charge on any atom is -0.488 e. The summed E-state index contributed by atoms with van der Waals surface area (Å²) >= 11 is 10.7. The van der Waals surface area contributed by atoms with Gasteiger partial charge in [-0.15, -0.1) is 0 Å². The molecule has 2 aromatic carbocycles. The van der Waals surface area contributed by atoms with Crippen LogP contribution in [0.2, 0.25) is 5.02 Å². The van der Waals surface area contributed by atoms with E-state index in [9.17, 15) is 14.4 Å². The summed E-state index contributed by atoms with van der Waals surface area (Å²) in [5, 5.41) is 10.0. The fraction of sp³-hybridized carbons (Fsp3) is 0.105. The number of rotatable bonds is 5. The van der Waals surface area contributed by atoms with Gasteiger partial charge in [0.1, 0.15) is 35.5 Å². The van der Waals surface area contributed by atoms with E-state index in [1.165, 1.54) is 23.9 Å². The second-order valence-electron chi connectivity index (χ2n) is 5.54. The number of halogens is 3. The van der Waals surface area contributed by atoms with Crippen molar-refractivity contribution in [3.8, 4) is 23.1 Å². The molecule has 1 heterocycles. The highest BCUT2D eigenvalue weighted by atomic mass is 79.9. The summed E-state index contributed by atoms with van der Waals surface area (Å²) in [6, 6.07) is 11.3. The first-order valence-corrected chi connectivity index (χ1v) is 10.3. The Labute approximate surface area is 177 Å². The van der Waals surface area contributed by atoms with Crippen LogP contribution in [0.3, 0.4) is 0 Å². The van der Waals surface area contributed by atoms with Gasteiger partial charge in [0.15, 0.2) is 5.16 Å². The van der Waals surface area contributed by atoms with Crippen LogP contribution in [0.15, 0.2) is 50.8 Å². The average molecular weight is 481 g/mol. The molecule has 0 bridgehead atoms. The molecular formula is C19H12BrClFN3O2S. The third-order valence-electron chi connectivity index (χ3n) is 3.83. The summed E-state index contributed by atoms with van der Waals surface area (Å²) in [4.78, 5) is 19.2. The quantitative estimate of drug-likeness (QED) is 0.403. The van der Waals surface area contributed by atoms with E-state index in [4.69, 9.17) is 16.3 Å². The van der Waals surface area contributed by atoms with E-state index < -0.39 is 11.4 Å². The Kier molecular flexibility index (Phi) is 6.39. The standard InChI is InChI=1S/C19H12BrClFN3O2S/c1-28-19-24-17(12(8-23)18(26)25-19)11-7-10(20)5-6-16(11)27-9-13-14(21)3-2-4-15(13)22/h2-7H,9H2,1H3,(H,24,25,26). The van der Waals surface area contributed by atoms with Crippen molar-refractivity contribution in [1.29, 1.82) is 5.26 Å². The van der Waals surface area contributed by atoms with E-state index in [2.05, 4.69) is 25.9 Å². The zero-order valence-corrected chi connectivity index (χ0v) is 17.6. The highest BCUT2D eigenvalue weighted by Gasteiger charge is 2.18. The highest BCUT2D eigenvalue weighted by Crippen LogP contribution is 2.34. The minimum absolute atomic E-state index is 0.124. The van der Waals surface area contributed by atoms with Crippen molar-refractivity contribution >= 4 is 39.3 Å². The first-order valence-electron chi connectivity index (χ1n) is 7.88. The van der Waals surface area contributed by atoms with Crippen molar-refractivity contribution in [2.45, 2.75) is 11.8 Å². The van der Waals surface area contributed by atoms with Gasteiger partial charge < -0.3 is 9.72 Å². The van der Waals surface area contributed by atoms with Crippen LogP contribution >= 0.6 is 39.3 Å². The van der Waals surface area contributed by atoms with Gasteiger partial charge in [-0.05, 0) is 36.6 Å². The van der Waals surface area contributed by atoms with Gasteiger partial charge >= 0.3 is 0 Å². The van der Waals surface area contributed by atoms with Gasteiger partial charge in [-0.25, -0.2) is 9.37 Å². The Morgan fingerprint density at radius 1 is 1.39 bits per heavy atom. The van der Waals surface area contributed by atoms with Crippen LogP contribution in [-0.2, 0) is 6.61 Å². The van der Waals surface area contributed by atoms with Crippen molar-refractivity contribution in [2.75, 3.05) is 6.26 Å². The van der Waals surface area contributed by atoms with Crippen LogP contribution in [0.1, 0.15) is 11.1 Å². The lowest BCUT2D eigenvalue weighted by molar-refractivity contribution is 0.301. The number of H-pyrrole nitrogens is 1. The van der Waals surface area contributed by atoms with Crippen molar-refractivity contribution in [3.05, 3.63) is 73.2 Å². The molecule has 0 amide bonds. The molecule has 3 aromatic rings. The zero-order valence-electron chi connectivity index (χ0n) is 14.4. The lowest BCUT2D eigenvalue weighted by Gasteiger charge is -2.14. The van der Waals surface area contributed by atoms with Crippen molar-refractivity contribution in [1.82, 2.24) is 9.97 Å². The molecule has 0 atom stereocenters. The summed E-state index contributed by atoms with van der Waals surface area (Å²) in [5.74, 6) is -0.146. The van der Waals surface area contributed by atoms with Crippen molar-refractivity contribution < 1.29 is 9.13 Å². The predicted octanol–water partition coefficient (Wildman–Crippen LogP) is 5.16. The minimum atomic E-state index is -0.542. The largest absolute Gasteiger partial charge is 0.488 e. The second kappa shape index (κ2) is 8.78. The molecule has 142 valence electrons. The number of nitrogens with one attached hydrogen (secondary N) is 1. The summed E-state index contributed by atoms with van der Waals surface area (Å²) in [6.07, 6.45) is 1.76. The fourth-order valence-electron chi connectivity index (χ4n) is 2.48. The lowest BCUT2D eigenvalue weighted by Crippen LogP contribution is -2.15. The fourth-order valence-corrected chi connectivity index (χ4v) is 3.44. The third kappa shape index (κ3) is 4.22. The number of hydrogen-bond donors (Lipinski definition) is 1. The van der Waals surface area contributed by atoms with Gasteiger partial charge in [-0.1, -0.05) is 45.4 Å². The molecule has 0 aliphatic heterocycles. The number of ether oxygens (including phenoxy) is 1. The SMILES string of the molecule is CSc1nc(-c2cc(Br)ccc2OCc2c(F)cccc2Cl)c(C#N)c(=O)[nH]1. The molecule has 0 spiro atoms. The third-order valence-corrected chi connectivity index (χ3v) is 5.26. The van der Waals surface area contributed by atoms with Crippen LogP contribution in [0.5, 0.6) is 5.75 Å². The number of aromatic amines is 1. The van der Waals surface area contributed by atoms with Gasteiger partial charge in [0, 0.05) is 15.6 Å². The monoisotopic (exact) mass is 479 g/mol. The zero-order chi connectivity index (χ0) is 20.3. The summed E-state index contributed by atoms with van der Waals surface area (Å²) < 4.78 is 20.5. The van der Waals surface area contributed by atoms with Crippen molar-refractivity contribution in [2.24, 2.45) is 0 Å². The molecule has 3 rings (SSSR count). The van der Waals surface area contributed by atoms with Gasteiger partial charge in [0.05, 0.1) is 5.02 Å². The molecule has 1 aromatic heterocycles. The van der Waals surface area contributed by atoms with E-state index in [1.807, 2.05) is 6.07 Å². The summed E-state index contributed by atoms with van der Waals surface area (Å²) in [6.45, 7) is -0.124. The number of benzene rings is 2. The topological polar surface area (TPSA) is 78.8 Å². The lowest BCUT2D eigenvalue weighted by atomic mass is 10.1. The molecule has 0 saturated heterocycles. The number of nitriles is 1. The normalized spacial score (nSPS) is 10.5. The Balaban J connectivity index is 2.09. The summed E-state index contributed by atoms with van der Waals surface area (Å²) in [5.41, 5.74) is 0.151. The molecule has 0 saturated carbocycles. The Morgan fingerprint density at radius 3 is 2.86 bits per heavy atom. The van der Waals surface area contributed by atoms with E-state index in [1.54, 1.807) is 30.5 Å².